The zero-order valence-electron chi connectivity index (χ0n) is 13.7. The smallest absolute Gasteiger partial charge is 0.239 e. The van der Waals surface area contributed by atoms with Gasteiger partial charge in [0.2, 0.25) is 5.91 Å². The summed E-state index contributed by atoms with van der Waals surface area (Å²) >= 11 is 7.55. The van der Waals surface area contributed by atoms with Crippen molar-refractivity contribution in [3.63, 3.8) is 0 Å². The molecule has 2 aromatic rings. The van der Waals surface area contributed by atoms with E-state index in [4.69, 9.17) is 11.6 Å². The Kier molecular flexibility index (Phi) is 6.01. The predicted molar refractivity (Wildman–Crippen MR) is 98.5 cm³/mol. The van der Waals surface area contributed by atoms with Crippen LogP contribution in [0.25, 0.3) is 0 Å². The summed E-state index contributed by atoms with van der Waals surface area (Å²) in [4.78, 5) is 16.3. The minimum atomic E-state index is -3.59. The monoisotopic (exact) mass is 386 g/mol. The van der Waals surface area contributed by atoms with E-state index in [1.165, 1.54) is 11.3 Å². The number of halogens is 1. The second-order valence-corrected chi connectivity index (χ2v) is 9.02. The molecule has 0 radical (unpaired) electrons. The highest BCUT2D eigenvalue weighted by atomic mass is 35.5. The van der Waals surface area contributed by atoms with Crippen molar-refractivity contribution in [2.24, 2.45) is 0 Å². The Balaban J connectivity index is 2.06. The lowest BCUT2D eigenvalue weighted by atomic mass is 10.1. The summed E-state index contributed by atoms with van der Waals surface area (Å²) in [7, 11) is -3.59. The van der Waals surface area contributed by atoms with E-state index in [9.17, 15) is 13.2 Å². The largest absolute Gasteiger partial charge is 0.324 e. The summed E-state index contributed by atoms with van der Waals surface area (Å²) in [6.07, 6.45) is 0.760. The summed E-state index contributed by atoms with van der Waals surface area (Å²) in [5.74, 6) is -1.44. The molecule has 1 N–H and O–H groups in total. The first-order valence-electron chi connectivity index (χ1n) is 7.40. The van der Waals surface area contributed by atoms with Crippen molar-refractivity contribution < 1.29 is 13.2 Å². The minimum Gasteiger partial charge on any atom is -0.324 e. The molecule has 1 amide bonds. The summed E-state index contributed by atoms with van der Waals surface area (Å²) < 4.78 is 24.4. The Morgan fingerprint density at radius 2 is 2.04 bits per heavy atom. The van der Waals surface area contributed by atoms with Gasteiger partial charge in [-0.05, 0) is 37.5 Å². The van der Waals surface area contributed by atoms with Gasteiger partial charge < -0.3 is 5.32 Å². The number of carbonyl (C=O) groups excluding carboxylic acids is 1. The van der Waals surface area contributed by atoms with Gasteiger partial charge >= 0.3 is 0 Å². The average molecular weight is 387 g/mol. The van der Waals surface area contributed by atoms with Crippen LogP contribution in [0.3, 0.4) is 0 Å². The molecule has 8 heteroatoms. The number of anilines is 1. The van der Waals surface area contributed by atoms with E-state index in [-0.39, 0.29) is 5.75 Å². The molecular weight excluding hydrogens is 368 g/mol. The fourth-order valence-corrected chi connectivity index (χ4v) is 4.69. The van der Waals surface area contributed by atoms with E-state index in [2.05, 4.69) is 10.3 Å². The normalized spacial score (nSPS) is 11.5. The molecule has 2 rings (SSSR count). The van der Waals surface area contributed by atoms with Gasteiger partial charge in [0.1, 0.15) is 5.75 Å². The first kappa shape index (κ1) is 18.9. The number of hydrogen-bond donors (Lipinski definition) is 1. The predicted octanol–water partition coefficient (Wildman–Crippen LogP) is 3.53. The van der Waals surface area contributed by atoms with Crippen molar-refractivity contribution in [2.45, 2.75) is 32.9 Å². The fraction of sp³-hybridized carbons (Fsp3) is 0.375. The standard InChI is InChI=1S/C16H19ClN2O3S2/c1-4-15-18-12(7-23-15)8-24(21,22)9-14(20)19-16-11(3)5-10(2)6-13(16)17/h5-7H,4,8-9H2,1-3H3,(H,19,20). The quantitative estimate of drug-likeness (QED) is 0.823. The molecule has 0 saturated heterocycles. The van der Waals surface area contributed by atoms with Gasteiger partial charge in [-0.15, -0.1) is 11.3 Å². The molecular formula is C16H19ClN2O3S2. The van der Waals surface area contributed by atoms with Gasteiger partial charge in [-0.3, -0.25) is 4.79 Å². The number of nitrogens with one attached hydrogen (secondary N) is 1. The summed E-state index contributed by atoms with van der Waals surface area (Å²) in [5.41, 5.74) is 2.69. The van der Waals surface area contributed by atoms with E-state index in [0.29, 0.717) is 16.4 Å². The SMILES string of the molecule is CCc1nc(CS(=O)(=O)CC(=O)Nc2c(C)cc(C)cc2Cl)cs1. The molecule has 0 aliphatic carbocycles. The van der Waals surface area contributed by atoms with Crippen molar-refractivity contribution in [3.05, 3.63) is 44.4 Å². The second-order valence-electron chi connectivity index (χ2n) is 5.61. The van der Waals surface area contributed by atoms with Crippen molar-refractivity contribution in [1.29, 1.82) is 0 Å². The molecule has 5 nitrogen and oxygen atoms in total. The molecule has 1 aromatic heterocycles. The third kappa shape index (κ3) is 5.03. The number of amides is 1. The first-order chi connectivity index (χ1) is 11.2. The molecule has 1 aromatic carbocycles. The highest BCUT2D eigenvalue weighted by molar-refractivity contribution is 7.91. The van der Waals surface area contributed by atoms with Gasteiger partial charge in [-0.1, -0.05) is 24.6 Å². The van der Waals surface area contributed by atoms with E-state index < -0.39 is 21.5 Å². The maximum absolute atomic E-state index is 12.2. The number of hydrogen-bond acceptors (Lipinski definition) is 5. The van der Waals surface area contributed by atoms with Crippen LogP contribution in [-0.4, -0.2) is 25.1 Å². The van der Waals surface area contributed by atoms with Crippen LogP contribution in [0.4, 0.5) is 5.69 Å². The van der Waals surface area contributed by atoms with Crippen LogP contribution < -0.4 is 5.32 Å². The topological polar surface area (TPSA) is 76.1 Å². The second kappa shape index (κ2) is 7.63. The third-order valence-electron chi connectivity index (χ3n) is 3.32. The maximum Gasteiger partial charge on any atom is 0.239 e. The van der Waals surface area contributed by atoms with Crippen LogP contribution in [0.5, 0.6) is 0 Å². The Bertz CT molecular complexity index is 837. The highest BCUT2D eigenvalue weighted by Crippen LogP contribution is 2.27. The molecule has 0 bridgehead atoms. The van der Waals surface area contributed by atoms with Crippen LogP contribution in [-0.2, 0) is 26.8 Å². The number of benzene rings is 1. The lowest BCUT2D eigenvalue weighted by molar-refractivity contribution is -0.113. The number of nitrogens with zero attached hydrogens (tertiary/aromatic N) is 1. The average Bonchev–Trinajstić information content (AvgIpc) is 2.89. The van der Waals surface area contributed by atoms with Gasteiger partial charge in [-0.25, -0.2) is 13.4 Å². The molecule has 0 unspecified atom stereocenters. The van der Waals surface area contributed by atoms with Crippen LogP contribution in [0.2, 0.25) is 5.02 Å². The van der Waals surface area contributed by atoms with Crippen LogP contribution in [0, 0.1) is 13.8 Å². The summed E-state index contributed by atoms with van der Waals surface area (Å²) in [5, 5.41) is 5.59. The van der Waals surface area contributed by atoms with Crippen LogP contribution in [0.1, 0.15) is 28.8 Å². The number of aromatic nitrogens is 1. The lowest BCUT2D eigenvalue weighted by Gasteiger charge is -2.11. The van der Waals surface area contributed by atoms with E-state index in [1.807, 2.05) is 26.8 Å². The Morgan fingerprint density at radius 1 is 1.33 bits per heavy atom. The number of aryl methyl sites for hydroxylation is 3. The van der Waals surface area contributed by atoms with Gasteiger partial charge in [-0.2, -0.15) is 0 Å². The molecule has 0 saturated carbocycles. The minimum absolute atomic E-state index is 0.239. The van der Waals surface area contributed by atoms with Gasteiger partial charge in [0.25, 0.3) is 0 Å². The van der Waals surface area contributed by atoms with E-state index in [0.717, 1.165) is 22.6 Å². The Hall–Kier alpha value is -1.44. The van der Waals surface area contributed by atoms with Gasteiger partial charge in [0, 0.05) is 5.38 Å². The van der Waals surface area contributed by atoms with Crippen LogP contribution in [0.15, 0.2) is 17.5 Å². The van der Waals surface area contributed by atoms with Crippen molar-refractivity contribution in [1.82, 2.24) is 4.98 Å². The summed E-state index contributed by atoms with van der Waals surface area (Å²) in [6.45, 7) is 5.66. The molecule has 0 fully saturated rings. The first-order valence-corrected chi connectivity index (χ1v) is 10.5. The Labute approximate surface area is 151 Å². The highest BCUT2D eigenvalue weighted by Gasteiger charge is 2.20. The molecule has 1 heterocycles. The van der Waals surface area contributed by atoms with E-state index >= 15 is 0 Å². The zero-order chi connectivity index (χ0) is 17.9. The third-order valence-corrected chi connectivity index (χ3v) is 6.09. The molecule has 0 atom stereocenters. The van der Waals surface area contributed by atoms with Crippen LogP contribution >= 0.6 is 22.9 Å². The lowest BCUT2D eigenvalue weighted by Crippen LogP contribution is -2.24. The molecule has 0 spiro atoms. The van der Waals surface area contributed by atoms with E-state index in [1.54, 1.807) is 11.4 Å². The number of thiazole rings is 1. The number of carbonyl (C=O) groups is 1. The molecule has 0 aliphatic rings. The maximum atomic E-state index is 12.2. The number of sulfone groups is 1. The van der Waals surface area contributed by atoms with Gasteiger partial charge in [0.05, 0.1) is 27.2 Å². The molecule has 0 aliphatic heterocycles. The molecule has 130 valence electrons. The van der Waals surface area contributed by atoms with Crippen molar-refractivity contribution in [2.75, 3.05) is 11.1 Å². The summed E-state index contributed by atoms with van der Waals surface area (Å²) in [6, 6.07) is 3.60. The van der Waals surface area contributed by atoms with Crippen molar-refractivity contribution in [3.8, 4) is 0 Å². The number of rotatable bonds is 6. The fourth-order valence-electron chi connectivity index (χ4n) is 2.30. The van der Waals surface area contributed by atoms with Gasteiger partial charge in [0.15, 0.2) is 9.84 Å². The Morgan fingerprint density at radius 3 is 2.62 bits per heavy atom. The molecule has 24 heavy (non-hydrogen) atoms. The zero-order valence-corrected chi connectivity index (χ0v) is 16.1. The van der Waals surface area contributed by atoms with Crippen molar-refractivity contribution >= 4 is 44.4 Å².